The first-order valence-corrected chi connectivity index (χ1v) is 9.50. The van der Waals surface area contributed by atoms with E-state index in [0.29, 0.717) is 25.9 Å². The van der Waals surface area contributed by atoms with Crippen LogP contribution in [0.3, 0.4) is 0 Å². The van der Waals surface area contributed by atoms with Crippen LogP contribution in [-0.2, 0) is 22.6 Å². The van der Waals surface area contributed by atoms with Gasteiger partial charge in [-0.05, 0) is 24.0 Å². The van der Waals surface area contributed by atoms with Crippen LogP contribution in [0.15, 0.2) is 60.7 Å². The Morgan fingerprint density at radius 3 is 2.32 bits per heavy atom. The fraction of sp³-hybridized carbons (Fsp3) is 0.364. The Balaban J connectivity index is 1.58. The second kappa shape index (κ2) is 9.37. The standard InChI is InChI=1S/C22H26N2O4/c1-23(14-12-17-8-4-2-5-9-17)21(26)20-19(25)13-15-24(20)22(27)28-16-18-10-6-3-7-11-18/h2-11,19-20,25H,12-16H2,1H3/t19?,20-/m0/s1. The number of amides is 2. The highest BCUT2D eigenvalue weighted by molar-refractivity contribution is 5.86. The van der Waals surface area contributed by atoms with Gasteiger partial charge in [0, 0.05) is 20.1 Å². The number of nitrogens with zero attached hydrogens (tertiary/aromatic N) is 2. The molecule has 0 bridgehead atoms. The molecule has 1 heterocycles. The van der Waals surface area contributed by atoms with Crippen molar-refractivity contribution in [2.24, 2.45) is 0 Å². The fourth-order valence-corrected chi connectivity index (χ4v) is 3.36. The van der Waals surface area contributed by atoms with Crippen LogP contribution in [0.25, 0.3) is 0 Å². The molecule has 2 aromatic carbocycles. The van der Waals surface area contributed by atoms with E-state index < -0.39 is 18.2 Å². The second-order valence-electron chi connectivity index (χ2n) is 7.03. The van der Waals surface area contributed by atoms with Crippen molar-refractivity contribution in [3.05, 3.63) is 71.8 Å². The number of ether oxygens (including phenoxy) is 1. The van der Waals surface area contributed by atoms with Crippen LogP contribution < -0.4 is 0 Å². The number of rotatable bonds is 6. The zero-order valence-electron chi connectivity index (χ0n) is 16.0. The molecule has 1 saturated heterocycles. The van der Waals surface area contributed by atoms with E-state index in [1.165, 1.54) is 4.90 Å². The molecule has 0 aliphatic carbocycles. The molecular formula is C22H26N2O4. The van der Waals surface area contributed by atoms with Crippen LogP contribution in [0.4, 0.5) is 4.79 Å². The first-order chi connectivity index (χ1) is 13.6. The quantitative estimate of drug-likeness (QED) is 0.833. The summed E-state index contributed by atoms with van der Waals surface area (Å²) in [6.07, 6.45) is -0.376. The summed E-state index contributed by atoms with van der Waals surface area (Å²) in [6, 6.07) is 18.4. The minimum Gasteiger partial charge on any atom is -0.445 e. The van der Waals surface area contributed by atoms with E-state index in [2.05, 4.69) is 0 Å². The summed E-state index contributed by atoms with van der Waals surface area (Å²) in [5, 5.41) is 10.3. The van der Waals surface area contributed by atoms with Gasteiger partial charge in [0.1, 0.15) is 12.6 Å². The predicted molar refractivity (Wildman–Crippen MR) is 106 cm³/mol. The Bertz CT molecular complexity index is 782. The Labute approximate surface area is 165 Å². The summed E-state index contributed by atoms with van der Waals surface area (Å²) < 4.78 is 5.35. The normalized spacial score (nSPS) is 18.7. The number of carbonyl (C=O) groups is 2. The maximum atomic E-state index is 12.9. The maximum Gasteiger partial charge on any atom is 0.410 e. The smallest absolute Gasteiger partial charge is 0.410 e. The molecule has 2 aromatic rings. The van der Waals surface area contributed by atoms with Crippen LogP contribution in [0.2, 0.25) is 0 Å². The van der Waals surface area contributed by atoms with Gasteiger partial charge >= 0.3 is 6.09 Å². The largest absolute Gasteiger partial charge is 0.445 e. The van der Waals surface area contributed by atoms with Crippen LogP contribution in [-0.4, -0.2) is 59.2 Å². The zero-order chi connectivity index (χ0) is 19.9. The summed E-state index contributed by atoms with van der Waals surface area (Å²) in [4.78, 5) is 28.3. The topological polar surface area (TPSA) is 70.1 Å². The van der Waals surface area contributed by atoms with Gasteiger partial charge in [0.15, 0.2) is 0 Å². The van der Waals surface area contributed by atoms with E-state index in [1.807, 2.05) is 60.7 Å². The SMILES string of the molecule is CN(CCc1ccccc1)C(=O)[C@@H]1C(O)CCN1C(=O)OCc1ccccc1. The molecule has 0 saturated carbocycles. The number of carbonyl (C=O) groups excluding carboxylic acids is 2. The van der Waals surface area contributed by atoms with Crippen LogP contribution in [0.1, 0.15) is 17.5 Å². The lowest BCUT2D eigenvalue weighted by Gasteiger charge is -2.29. The molecule has 1 unspecified atom stereocenters. The lowest BCUT2D eigenvalue weighted by atomic mass is 10.1. The van der Waals surface area contributed by atoms with Crippen molar-refractivity contribution >= 4 is 12.0 Å². The molecule has 2 amide bonds. The van der Waals surface area contributed by atoms with Crippen molar-refractivity contribution in [3.8, 4) is 0 Å². The maximum absolute atomic E-state index is 12.9. The third-order valence-corrected chi connectivity index (χ3v) is 5.01. The highest BCUT2D eigenvalue weighted by atomic mass is 16.6. The summed E-state index contributed by atoms with van der Waals surface area (Å²) in [6.45, 7) is 0.952. The number of hydrogen-bond donors (Lipinski definition) is 1. The molecule has 2 atom stereocenters. The number of benzene rings is 2. The molecule has 148 valence electrons. The minimum absolute atomic E-state index is 0.136. The molecule has 1 fully saturated rings. The van der Waals surface area contributed by atoms with Crippen molar-refractivity contribution in [1.29, 1.82) is 0 Å². The molecule has 1 aliphatic rings. The third kappa shape index (κ3) is 4.89. The average Bonchev–Trinajstić information content (AvgIpc) is 3.12. The molecule has 0 spiro atoms. The van der Waals surface area contributed by atoms with E-state index in [1.54, 1.807) is 11.9 Å². The highest BCUT2D eigenvalue weighted by Gasteiger charge is 2.43. The van der Waals surface area contributed by atoms with Gasteiger partial charge in [0.25, 0.3) is 0 Å². The van der Waals surface area contributed by atoms with Crippen LogP contribution >= 0.6 is 0 Å². The molecule has 0 aromatic heterocycles. The predicted octanol–water partition coefficient (Wildman–Crippen LogP) is 2.46. The van der Waals surface area contributed by atoms with Crippen LogP contribution in [0.5, 0.6) is 0 Å². The Hall–Kier alpha value is -2.86. The molecular weight excluding hydrogens is 356 g/mol. The highest BCUT2D eigenvalue weighted by Crippen LogP contribution is 2.21. The molecule has 6 heteroatoms. The number of hydrogen-bond acceptors (Lipinski definition) is 4. The Morgan fingerprint density at radius 2 is 1.68 bits per heavy atom. The van der Waals surface area contributed by atoms with Gasteiger partial charge in [-0.2, -0.15) is 0 Å². The monoisotopic (exact) mass is 382 g/mol. The van der Waals surface area contributed by atoms with E-state index in [4.69, 9.17) is 4.74 Å². The molecule has 1 aliphatic heterocycles. The summed E-state index contributed by atoms with van der Waals surface area (Å²) in [7, 11) is 1.70. The lowest BCUT2D eigenvalue weighted by Crippen LogP contribution is -2.51. The second-order valence-corrected chi connectivity index (χ2v) is 7.03. The number of aliphatic hydroxyl groups is 1. The van der Waals surface area contributed by atoms with Crippen molar-refractivity contribution in [1.82, 2.24) is 9.80 Å². The molecule has 3 rings (SSSR count). The van der Waals surface area contributed by atoms with Gasteiger partial charge in [-0.3, -0.25) is 9.69 Å². The molecule has 6 nitrogen and oxygen atoms in total. The van der Waals surface area contributed by atoms with Crippen molar-refractivity contribution in [3.63, 3.8) is 0 Å². The summed E-state index contributed by atoms with van der Waals surface area (Å²) in [5.74, 6) is -0.266. The fourth-order valence-electron chi connectivity index (χ4n) is 3.36. The number of aliphatic hydroxyl groups excluding tert-OH is 1. The Kier molecular flexibility index (Phi) is 6.66. The van der Waals surface area contributed by atoms with E-state index in [0.717, 1.165) is 11.1 Å². The van der Waals surface area contributed by atoms with Gasteiger partial charge in [0.05, 0.1) is 6.10 Å². The zero-order valence-corrected chi connectivity index (χ0v) is 16.0. The molecule has 0 radical (unpaired) electrons. The summed E-state index contributed by atoms with van der Waals surface area (Å²) >= 11 is 0. The summed E-state index contributed by atoms with van der Waals surface area (Å²) in [5.41, 5.74) is 2.01. The van der Waals surface area contributed by atoms with Crippen molar-refractivity contribution in [2.75, 3.05) is 20.1 Å². The van der Waals surface area contributed by atoms with Gasteiger partial charge in [-0.1, -0.05) is 60.7 Å². The van der Waals surface area contributed by atoms with Gasteiger partial charge in [0.2, 0.25) is 5.91 Å². The van der Waals surface area contributed by atoms with Crippen molar-refractivity contribution in [2.45, 2.75) is 31.6 Å². The lowest BCUT2D eigenvalue weighted by molar-refractivity contribution is -0.136. The first kappa shape index (κ1) is 19.9. The van der Waals surface area contributed by atoms with Crippen LogP contribution in [0, 0.1) is 0 Å². The molecule has 28 heavy (non-hydrogen) atoms. The van der Waals surface area contributed by atoms with Crippen molar-refractivity contribution < 1.29 is 19.4 Å². The van der Waals surface area contributed by atoms with E-state index >= 15 is 0 Å². The average molecular weight is 382 g/mol. The third-order valence-electron chi connectivity index (χ3n) is 5.01. The first-order valence-electron chi connectivity index (χ1n) is 9.50. The van der Waals surface area contributed by atoms with E-state index in [9.17, 15) is 14.7 Å². The van der Waals surface area contributed by atoms with Gasteiger partial charge in [-0.15, -0.1) is 0 Å². The number of likely N-dealkylation sites (tertiary alicyclic amines) is 1. The minimum atomic E-state index is -0.899. The van der Waals surface area contributed by atoms with Gasteiger partial charge < -0.3 is 14.7 Å². The van der Waals surface area contributed by atoms with Gasteiger partial charge in [-0.25, -0.2) is 4.79 Å². The number of likely N-dealkylation sites (N-methyl/N-ethyl adjacent to an activating group) is 1. The van der Waals surface area contributed by atoms with E-state index in [-0.39, 0.29) is 12.5 Å². The Morgan fingerprint density at radius 1 is 1.07 bits per heavy atom. The molecule has 1 N–H and O–H groups in total.